The SMILES string of the molecule is COC(=O)c1cc2ccc(OC)nc2[nH]c1=O. The van der Waals surface area contributed by atoms with Crippen molar-refractivity contribution in [1.29, 1.82) is 0 Å². The van der Waals surface area contributed by atoms with Crippen LogP contribution in [0.25, 0.3) is 11.0 Å². The zero-order chi connectivity index (χ0) is 12.4. The Morgan fingerprint density at radius 1 is 1.35 bits per heavy atom. The first-order valence-corrected chi connectivity index (χ1v) is 4.82. The minimum Gasteiger partial charge on any atom is -0.481 e. The van der Waals surface area contributed by atoms with Crippen LogP contribution >= 0.6 is 0 Å². The van der Waals surface area contributed by atoms with Crippen LogP contribution in [-0.2, 0) is 4.74 Å². The molecule has 0 atom stereocenters. The molecule has 0 fully saturated rings. The minimum atomic E-state index is -0.677. The van der Waals surface area contributed by atoms with E-state index in [2.05, 4.69) is 14.7 Å². The smallest absolute Gasteiger partial charge is 0.343 e. The van der Waals surface area contributed by atoms with E-state index in [0.29, 0.717) is 16.9 Å². The van der Waals surface area contributed by atoms with Gasteiger partial charge in [-0.1, -0.05) is 0 Å². The van der Waals surface area contributed by atoms with Gasteiger partial charge >= 0.3 is 5.97 Å². The number of hydrogen-bond donors (Lipinski definition) is 1. The molecular formula is C11H10N2O4. The Morgan fingerprint density at radius 2 is 2.12 bits per heavy atom. The Hall–Kier alpha value is -2.37. The van der Waals surface area contributed by atoms with Crippen LogP contribution in [0.3, 0.4) is 0 Å². The molecule has 1 N–H and O–H groups in total. The van der Waals surface area contributed by atoms with Gasteiger partial charge < -0.3 is 14.5 Å². The zero-order valence-electron chi connectivity index (χ0n) is 9.31. The van der Waals surface area contributed by atoms with Crippen molar-refractivity contribution in [3.05, 3.63) is 34.1 Å². The lowest BCUT2D eigenvalue weighted by Crippen LogP contribution is -2.18. The number of H-pyrrole nitrogens is 1. The molecule has 17 heavy (non-hydrogen) atoms. The summed E-state index contributed by atoms with van der Waals surface area (Å²) < 4.78 is 9.44. The van der Waals surface area contributed by atoms with Gasteiger partial charge in [0.05, 0.1) is 14.2 Å². The quantitative estimate of drug-likeness (QED) is 0.774. The molecule has 0 aliphatic rings. The van der Waals surface area contributed by atoms with Crippen LogP contribution in [0, 0.1) is 0 Å². The predicted molar refractivity (Wildman–Crippen MR) is 60.3 cm³/mol. The van der Waals surface area contributed by atoms with E-state index in [1.807, 2.05) is 0 Å². The van der Waals surface area contributed by atoms with E-state index in [1.54, 1.807) is 12.1 Å². The first-order valence-electron chi connectivity index (χ1n) is 4.82. The third-order valence-electron chi connectivity index (χ3n) is 2.29. The summed E-state index contributed by atoms with van der Waals surface area (Å²) in [4.78, 5) is 29.5. The van der Waals surface area contributed by atoms with Gasteiger partial charge in [0, 0.05) is 11.5 Å². The normalized spacial score (nSPS) is 10.2. The molecule has 0 spiro atoms. The maximum atomic E-state index is 11.6. The maximum Gasteiger partial charge on any atom is 0.343 e. The molecule has 0 radical (unpaired) electrons. The molecule has 2 aromatic heterocycles. The van der Waals surface area contributed by atoms with Crippen LogP contribution in [0.4, 0.5) is 0 Å². The van der Waals surface area contributed by atoms with E-state index in [9.17, 15) is 9.59 Å². The second kappa shape index (κ2) is 4.25. The van der Waals surface area contributed by atoms with Crippen LogP contribution in [0.5, 0.6) is 5.88 Å². The van der Waals surface area contributed by atoms with E-state index < -0.39 is 11.5 Å². The van der Waals surface area contributed by atoms with Crippen molar-refractivity contribution in [2.45, 2.75) is 0 Å². The Labute approximate surface area is 96.2 Å². The Morgan fingerprint density at radius 3 is 2.76 bits per heavy atom. The molecular weight excluding hydrogens is 224 g/mol. The van der Waals surface area contributed by atoms with E-state index in [0.717, 1.165) is 0 Å². The van der Waals surface area contributed by atoms with Crippen molar-refractivity contribution in [3.63, 3.8) is 0 Å². The van der Waals surface area contributed by atoms with E-state index >= 15 is 0 Å². The minimum absolute atomic E-state index is 0.0491. The summed E-state index contributed by atoms with van der Waals surface area (Å²) in [6.45, 7) is 0. The van der Waals surface area contributed by atoms with Crippen molar-refractivity contribution in [3.8, 4) is 5.88 Å². The van der Waals surface area contributed by atoms with Crippen molar-refractivity contribution in [2.75, 3.05) is 14.2 Å². The summed E-state index contributed by atoms with van der Waals surface area (Å²) in [5, 5.41) is 0.630. The van der Waals surface area contributed by atoms with Gasteiger partial charge in [-0.3, -0.25) is 4.79 Å². The van der Waals surface area contributed by atoms with Gasteiger partial charge in [0.15, 0.2) is 0 Å². The average Bonchev–Trinajstić information content (AvgIpc) is 2.36. The summed E-state index contributed by atoms with van der Waals surface area (Å²) in [6, 6.07) is 4.78. The summed E-state index contributed by atoms with van der Waals surface area (Å²) in [6.07, 6.45) is 0. The number of rotatable bonds is 2. The molecule has 2 heterocycles. The third kappa shape index (κ3) is 1.96. The van der Waals surface area contributed by atoms with Crippen LogP contribution < -0.4 is 10.3 Å². The number of aromatic nitrogens is 2. The summed E-state index contributed by atoms with van der Waals surface area (Å²) >= 11 is 0. The number of pyridine rings is 2. The van der Waals surface area contributed by atoms with Gasteiger partial charge in [-0.15, -0.1) is 0 Å². The number of nitrogens with one attached hydrogen (secondary N) is 1. The van der Waals surface area contributed by atoms with Crippen molar-refractivity contribution < 1.29 is 14.3 Å². The molecule has 0 saturated carbocycles. The zero-order valence-corrected chi connectivity index (χ0v) is 9.31. The van der Waals surface area contributed by atoms with Gasteiger partial charge in [-0.05, 0) is 12.1 Å². The fourth-order valence-corrected chi connectivity index (χ4v) is 1.44. The summed E-state index contributed by atoms with van der Waals surface area (Å²) in [5.74, 6) is -0.289. The molecule has 0 aliphatic heterocycles. The molecule has 0 unspecified atom stereocenters. The van der Waals surface area contributed by atoms with E-state index in [4.69, 9.17) is 4.74 Å². The van der Waals surface area contributed by atoms with Crippen LogP contribution in [0.15, 0.2) is 23.0 Å². The molecule has 0 aromatic carbocycles. The standard InChI is InChI=1S/C11H10N2O4/c1-16-8-4-3-6-5-7(11(15)17-2)10(14)13-9(6)12-8/h3-5H,1-2H3,(H,12,13,14). The molecule has 6 heteroatoms. The number of hydrogen-bond acceptors (Lipinski definition) is 5. The number of aromatic amines is 1. The molecule has 2 aromatic rings. The first kappa shape index (κ1) is 11.1. The second-order valence-corrected chi connectivity index (χ2v) is 3.30. The summed E-state index contributed by atoms with van der Waals surface area (Å²) in [5.41, 5.74) is -0.223. The molecule has 0 saturated heterocycles. The topological polar surface area (TPSA) is 81.3 Å². The lowest BCUT2D eigenvalue weighted by atomic mass is 10.2. The second-order valence-electron chi connectivity index (χ2n) is 3.30. The lowest BCUT2D eigenvalue weighted by molar-refractivity contribution is 0.0599. The number of carbonyl (C=O) groups is 1. The highest BCUT2D eigenvalue weighted by atomic mass is 16.5. The number of methoxy groups -OCH3 is 2. The molecule has 0 bridgehead atoms. The van der Waals surface area contributed by atoms with Crippen LogP contribution in [0.2, 0.25) is 0 Å². The van der Waals surface area contributed by atoms with Crippen molar-refractivity contribution in [2.24, 2.45) is 0 Å². The average molecular weight is 234 g/mol. The maximum absolute atomic E-state index is 11.6. The lowest BCUT2D eigenvalue weighted by Gasteiger charge is -2.03. The van der Waals surface area contributed by atoms with E-state index in [-0.39, 0.29) is 5.56 Å². The number of nitrogens with zero attached hydrogens (tertiary/aromatic N) is 1. The number of ether oxygens (including phenoxy) is 2. The molecule has 6 nitrogen and oxygen atoms in total. The Bertz CT molecular complexity index is 633. The number of carbonyl (C=O) groups excluding carboxylic acids is 1. The van der Waals surface area contributed by atoms with Gasteiger partial charge in [0.2, 0.25) is 5.88 Å². The fourth-order valence-electron chi connectivity index (χ4n) is 1.44. The summed E-state index contributed by atoms with van der Waals surface area (Å²) in [7, 11) is 2.70. The van der Waals surface area contributed by atoms with Crippen molar-refractivity contribution >= 4 is 17.0 Å². The van der Waals surface area contributed by atoms with Gasteiger partial charge in [-0.25, -0.2) is 4.79 Å². The van der Waals surface area contributed by atoms with Gasteiger partial charge in [0.1, 0.15) is 11.2 Å². The highest BCUT2D eigenvalue weighted by molar-refractivity contribution is 5.92. The fraction of sp³-hybridized carbons (Fsp3) is 0.182. The first-order chi connectivity index (χ1) is 8.15. The van der Waals surface area contributed by atoms with Crippen LogP contribution in [-0.4, -0.2) is 30.2 Å². The predicted octanol–water partition coefficient (Wildman–Crippen LogP) is 0.718. The van der Waals surface area contributed by atoms with Gasteiger partial charge in [-0.2, -0.15) is 4.98 Å². The molecule has 88 valence electrons. The number of fused-ring (bicyclic) bond motifs is 1. The Balaban J connectivity index is 2.66. The van der Waals surface area contributed by atoms with Crippen molar-refractivity contribution in [1.82, 2.24) is 9.97 Å². The monoisotopic (exact) mass is 234 g/mol. The van der Waals surface area contributed by atoms with Crippen LogP contribution in [0.1, 0.15) is 10.4 Å². The molecule has 2 rings (SSSR count). The highest BCUT2D eigenvalue weighted by Crippen LogP contribution is 2.14. The number of esters is 1. The van der Waals surface area contributed by atoms with E-state index in [1.165, 1.54) is 20.3 Å². The van der Waals surface area contributed by atoms with Gasteiger partial charge in [0.25, 0.3) is 5.56 Å². The molecule has 0 amide bonds. The third-order valence-corrected chi connectivity index (χ3v) is 2.29. The Kier molecular flexibility index (Phi) is 2.78. The highest BCUT2D eigenvalue weighted by Gasteiger charge is 2.12. The largest absolute Gasteiger partial charge is 0.481 e. The molecule has 0 aliphatic carbocycles.